The first-order valence-electron chi connectivity index (χ1n) is 8.58. The molecule has 0 saturated heterocycles. The minimum Gasteiger partial charge on any atom is -0.422 e. The summed E-state index contributed by atoms with van der Waals surface area (Å²) in [4.78, 5) is 24.1. The van der Waals surface area contributed by atoms with Gasteiger partial charge in [0.2, 0.25) is 0 Å². The summed E-state index contributed by atoms with van der Waals surface area (Å²) < 4.78 is 11.1. The number of carbonyl (C=O) groups is 2. The third-order valence-corrected chi connectivity index (χ3v) is 4.29. The Kier molecular flexibility index (Phi) is 8.09. The largest absolute Gasteiger partial charge is 0.422 e. The molecule has 1 aromatic carbocycles. The van der Waals surface area contributed by atoms with Crippen LogP contribution in [0.4, 0.5) is 0 Å². The lowest BCUT2D eigenvalue weighted by Crippen LogP contribution is -2.32. The lowest BCUT2D eigenvalue weighted by molar-refractivity contribution is -0.140. The van der Waals surface area contributed by atoms with E-state index in [1.54, 1.807) is 33.8 Å². The van der Waals surface area contributed by atoms with Gasteiger partial charge in [-0.2, -0.15) is 0 Å². The minimum absolute atomic E-state index is 0. The van der Waals surface area contributed by atoms with Gasteiger partial charge >= 0.3 is 11.9 Å². The van der Waals surface area contributed by atoms with Crippen molar-refractivity contribution in [2.75, 3.05) is 7.05 Å². The Hall–Kier alpha value is -1.40. The van der Waals surface area contributed by atoms with E-state index in [0.29, 0.717) is 17.5 Å². The lowest BCUT2D eigenvalue weighted by Gasteiger charge is -2.27. The number of fused-ring (bicyclic) bond motifs is 1. The molecule has 0 heterocycles. The van der Waals surface area contributed by atoms with E-state index in [1.807, 2.05) is 13.1 Å². The Balaban J connectivity index is 0.00000312. The van der Waals surface area contributed by atoms with Gasteiger partial charge in [0.15, 0.2) is 11.5 Å². The number of carbonyl (C=O) groups excluding carboxylic acids is 2. The van der Waals surface area contributed by atoms with Crippen molar-refractivity contribution in [3.05, 3.63) is 23.3 Å². The number of benzene rings is 1. The predicted octanol–water partition coefficient (Wildman–Crippen LogP) is 3.46. The summed E-state index contributed by atoms with van der Waals surface area (Å²) in [6, 6.07) is 4.12. The molecular weight excluding hydrogens is 386 g/mol. The average Bonchev–Trinajstić information content (AvgIpc) is 2.55. The molecule has 25 heavy (non-hydrogen) atoms. The Morgan fingerprint density at radius 2 is 1.68 bits per heavy atom. The fourth-order valence-electron chi connectivity index (χ4n) is 2.68. The van der Waals surface area contributed by atoms with Crippen molar-refractivity contribution in [1.29, 1.82) is 0 Å². The molecule has 1 aromatic rings. The number of esters is 2. The molecule has 0 radical (unpaired) electrons. The Morgan fingerprint density at radius 3 is 2.24 bits per heavy atom. The molecule has 0 bridgehead atoms. The standard InChI is InChI=1S/C19H27NO4.BrH/c1-11(2)18(21)23-16-9-6-13-10-14(20-5)7-8-15(13)17(16)24-19(22)12(3)4;/h6,9,11-12,14,20H,7-8,10H2,1-5H3;1H. The van der Waals surface area contributed by atoms with Crippen LogP contribution in [0, 0.1) is 11.8 Å². The van der Waals surface area contributed by atoms with Crippen LogP contribution >= 0.6 is 17.0 Å². The van der Waals surface area contributed by atoms with E-state index in [9.17, 15) is 9.59 Å². The minimum atomic E-state index is -0.333. The van der Waals surface area contributed by atoms with Crippen molar-refractivity contribution in [3.63, 3.8) is 0 Å². The molecule has 0 saturated carbocycles. The maximum Gasteiger partial charge on any atom is 0.313 e. The molecule has 2 rings (SSSR count). The highest BCUT2D eigenvalue weighted by Gasteiger charge is 2.26. The SMILES string of the molecule is Br.CNC1CCc2c(ccc(OC(=O)C(C)C)c2OC(=O)C(C)C)C1. The quantitative estimate of drug-likeness (QED) is 0.591. The first-order chi connectivity index (χ1) is 11.3. The fraction of sp³-hybridized carbons (Fsp3) is 0.579. The Labute approximate surface area is 160 Å². The van der Waals surface area contributed by atoms with Crippen LogP contribution in [0.15, 0.2) is 12.1 Å². The molecule has 0 spiro atoms. The van der Waals surface area contributed by atoms with E-state index < -0.39 is 0 Å². The summed E-state index contributed by atoms with van der Waals surface area (Å²) in [6.07, 6.45) is 2.61. The van der Waals surface area contributed by atoms with E-state index in [-0.39, 0.29) is 40.8 Å². The van der Waals surface area contributed by atoms with Crippen LogP contribution in [-0.4, -0.2) is 25.0 Å². The summed E-state index contributed by atoms with van der Waals surface area (Å²) in [5.74, 6) is -0.396. The van der Waals surface area contributed by atoms with Crippen molar-refractivity contribution in [3.8, 4) is 11.5 Å². The maximum absolute atomic E-state index is 12.1. The summed E-state index contributed by atoms with van der Waals surface area (Å²) in [5, 5.41) is 3.29. The van der Waals surface area contributed by atoms with Gasteiger partial charge < -0.3 is 14.8 Å². The fourth-order valence-corrected chi connectivity index (χ4v) is 2.68. The van der Waals surface area contributed by atoms with E-state index >= 15 is 0 Å². The smallest absolute Gasteiger partial charge is 0.313 e. The van der Waals surface area contributed by atoms with Crippen molar-refractivity contribution in [2.24, 2.45) is 11.8 Å². The third-order valence-electron chi connectivity index (χ3n) is 4.29. The second kappa shape index (κ2) is 9.34. The monoisotopic (exact) mass is 413 g/mol. The number of rotatable bonds is 5. The number of hydrogen-bond donors (Lipinski definition) is 1. The normalized spacial score (nSPS) is 16.2. The molecule has 0 aliphatic heterocycles. The predicted molar refractivity (Wildman–Crippen MR) is 103 cm³/mol. The molecule has 1 aliphatic carbocycles. The van der Waals surface area contributed by atoms with Crippen LogP contribution in [0.2, 0.25) is 0 Å². The van der Waals surface area contributed by atoms with Gasteiger partial charge in [-0.3, -0.25) is 9.59 Å². The van der Waals surface area contributed by atoms with E-state index in [2.05, 4.69) is 5.32 Å². The number of ether oxygens (including phenoxy) is 2. The van der Waals surface area contributed by atoms with Crippen LogP contribution in [0.5, 0.6) is 11.5 Å². The van der Waals surface area contributed by atoms with Gasteiger partial charge in [0.05, 0.1) is 11.8 Å². The molecule has 5 nitrogen and oxygen atoms in total. The van der Waals surface area contributed by atoms with Gasteiger partial charge in [0.1, 0.15) is 0 Å². The summed E-state index contributed by atoms with van der Waals surface area (Å²) >= 11 is 0. The highest BCUT2D eigenvalue weighted by atomic mass is 79.9. The summed E-state index contributed by atoms with van der Waals surface area (Å²) in [7, 11) is 1.95. The zero-order valence-corrected chi connectivity index (χ0v) is 17.3. The van der Waals surface area contributed by atoms with E-state index in [0.717, 1.165) is 30.4 Å². The zero-order valence-electron chi connectivity index (χ0n) is 15.5. The molecule has 1 unspecified atom stereocenters. The first kappa shape index (κ1) is 21.6. The summed E-state index contributed by atoms with van der Waals surface area (Å²) in [5.41, 5.74) is 2.11. The number of halogens is 1. The molecule has 1 aliphatic rings. The van der Waals surface area contributed by atoms with Crippen molar-refractivity contribution in [2.45, 2.75) is 53.0 Å². The van der Waals surface area contributed by atoms with Gasteiger partial charge in [-0.05, 0) is 37.9 Å². The molecule has 0 fully saturated rings. The Bertz CT molecular complexity index is 628. The van der Waals surface area contributed by atoms with Gasteiger partial charge in [-0.1, -0.05) is 33.8 Å². The van der Waals surface area contributed by atoms with Crippen molar-refractivity contribution in [1.82, 2.24) is 5.32 Å². The topological polar surface area (TPSA) is 64.6 Å². The zero-order chi connectivity index (χ0) is 17.9. The lowest BCUT2D eigenvalue weighted by atomic mass is 9.87. The number of nitrogens with one attached hydrogen (secondary N) is 1. The maximum atomic E-state index is 12.1. The first-order valence-corrected chi connectivity index (χ1v) is 8.58. The molecule has 1 atom stereocenters. The molecule has 0 aromatic heterocycles. The molecule has 1 N–H and O–H groups in total. The van der Waals surface area contributed by atoms with Crippen LogP contribution in [0.1, 0.15) is 45.2 Å². The summed E-state index contributed by atoms with van der Waals surface area (Å²) in [6.45, 7) is 7.12. The van der Waals surface area contributed by atoms with Gasteiger partial charge in [-0.15, -0.1) is 17.0 Å². The van der Waals surface area contributed by atoms with Crippen molar-refractivity contribution < 1.29 is 19.1 Å². The van der Waals surface area contributed by atoms with Crippen LogP contribution in [0.3, 0.4) is 0 Å². The highest BCUT2D eigenvalue weighted by Crippen LogP contribution is 2.38. The van der Waals surface area contributed by atoms with Crippen molar-refractivity contribution >= 4 is 28.9 Å². The van der Waals surface area contributed by atoms with Crippen LogP contribution in [0.25, 0.3) is 0 Å². The second-order valence-electron chi connectivity index (χ2n) is 6.91. The number of likely N-dealkylation sites (N-methyl/N-ethyl adjacent to an activating group) is 1. The van der Waals surface area contributed by atoms with Crippen LogP contribution < -0.4 is 14.8 Å². The molecule has 140 valence electrons. The van der Waals surface area contributed by atoms with Gasteiger partial charge in [-0.25, -0.2) is 0 Å². The molecule has 6 heteroatoms. The van der Waals surface area contributed by atoms with Crippen LogP contribution in [-0.2, 0) is 22.4 Å². The van der Waals surface area contributed by atoms with E-state index in [4.69, 9.17) is 9.47 Å². The third kappa shape index (κ3) is 5.28. The highest BCUT2D eigenvalue weighted by molar-refractivity contribution is 8.93. The second-order valence-corrected chi connectivity index (χ2v) is 6.91. The molecular formula is C19H28BrNO4. The van der Waals surface area contributed by atoms with Gasteiger partial charge in [0.25, 0.3) is 0 Å². The number of hydrogen-bond acceptors (Lipinski definition) is 5. The Morgan fingerprint density at radius 1 is 1.08 bits per heavy atom. The van der Waals surface area contributed by atoms with Gasteiger partial charge in [0, 0.05) is 11.6 Å². The average molecular weight is 414 g/mol. The van der Waals surface area contributed by atoms with E-state index in [1.165, 1.54) is 0 Å². The molecule has 0 amide bonds.